The molecule has 0 N–H and O–H groups in total. The molecular weight excluding hydrogens is 199 g/mol. The quantitative estimate of drug-likeness (QED) is 0.630. The first-order valence-electron chi connectivity index (χ1n) is 3.05. The maximum Gasteiger partial charge on any atom is 0.0414 e. The van der Waals surface area contributed by atoms with Gasteiger partial charge in [0.1, 0.15) is 0 Å². The van der Waals surface area contributed by atoms with Crippen LogP contribution in [0.1, 0.15) is 6.92 Å². The van der Waals surface area contributed by atoms with Crippen LogP contribution >= 0.6 is 35.0 Å². The largest absolute Gasteiger partial charge is 0.134 e. The van der Waals surface area contributed by atoms with Crippen molar-refractivity contribution in [3.63, 3.8) is 0 Å². The third kappa shape index (κ3) is 6.54. The molecular formula is C8H10Cl2S. The van der Waals surface area contributed by atoms with Crippen LogP contribution in [0, 0.1) is 0 Å². The van der Waals surface area contributed by atoms with Crippen LogP contribution in [0.25, 0.3) is 0 Å². The van der Waals surface area contributed by atoms with Crippen molar-refractivity contribution in [1.82, 2.24) is 0 Å². The summed E-state index contributed by atoms with van der Waals surface area (Å²) in [4.78, 5) is 1.21. The molecule has 0 nitrogen and oxygen atoms in total. The van der Waals surface area contributed by atoms with Crippen LogP contribution < -0.4 is 0 Å². The van der Waals surface area contributed by atoms with Gasteiger partial charge in [-0.2, -0.15) is 0 Å². The third-order valence-electron chi connectivity index (χ3n) is 1.02. The molecule has 0 aliphatic carbocycles. The molecule has 0 aliphatic heterocycles. The molecule has 0 fully saturated rings. The van der Waals surface area contributed by atoms with E-state index in [2.05, 4.69) is 0 Å². The summed E-state index contributed by atoms with van der Waals surface area (Å²) >= 11 is 12.7. The van der Waals surface area contributed by atoms with Crippen LogP contribution in [-0.2, 0) is 0 Å². The van der Waals surface area contributed by atoms with Gasteiger partial charge in [-0.1, -0.05) is 29.3 Å². The zero-order valence-corrected chi connectivity index (χ0v) is 8.80. The fourth-order valence-electron chi connectivity index (χ4n) is 0.381. The topological polar surface area (TPSA) is 0 Å². The zero-order chi connectivity index (χ0) is 8.69. The molecule has 62 valence electrons. The Morgan fingerprint density at radius 2 is 2.00 bits per heavy atom. The zero-order valence-electron chi connectivity index (χ0n) is 6.47. The van der Waals surface area contributed by atoms with Crippen LogP contribution in [-0.4, -0.2) is 6.26 Å². The van der Waals surface area contributed by atoms with E-state index < -0.39 is 0 Å². The molecule has 0 atom stereocenters. The Morgan fingerprint density at radius 1 is 1.36 bits per heavy atom. The highest BCUT2D eigenvalue weighted by Crippen LogP contribution is 2.11. The van der Waals surface area contributed by atoms with Crippen LogP contribution in [0.5, 0.6) is 0 Å². The van der Waals surface area contributed by atoms with E-state index in [1.165, 1.54) is 10.4 Å². The Labute approximate surface area is 82.0 Å². The Balaban J connectivity index is 4.10. The van der Waals surface area contributed by atoms with Gasteiger partial charge in [0.2, 0.25) is 0 Å². The molecule has 0 heterocycles. The lowest BCUT2D eigenvalue weighted by atomic mass is 10.4. The van der Waals surface area contributed by atoms with Crippen LogP contribution in [0.2, 0.25) is 0 Å². The molecule has 0 saturated carbocycles. The number of thioether (sulfide) groups is 1. The average Bonchev–Trinajstić information content (AvgIpc) is 2.01. The number of hydrogen-bond donors (Lipinski definition) is 0. The standard InChI is InChI=1S/C8H10Cl2S/c1-7(11-2)3-4-8(10)5-6-9/h3-6H,1-2H3/b6-5+,7-3+,8-4+. The molecule has 0 rings (SSSR count). The molecule has 0 amide bonds. The maximum atomic E-state index is 5.72. The van der Waals surface area contributed by atoms with E-state index in [-0.39, 0.29) is 0 Å². The van der Waals surface area contributed by atoms with E-state index in [4.69, 9.17) is 23.2 Å². The average molecular weight is 209 g/mol. The van der Waals surface area contributed by atoms with Crippen molar-refractivity contribution >= 4 is 35.0 Å². The van der Waals surface area contributed by atoms with Crippen molar-refractivity contribution < 1.29 is 0 Å². The van der Waals surface area contributed by atoms with Crippen LogP contribution in [0.15, 0.2) is 33.7 Å². The van der Waals surface area contributed by atoms with Crippen molar-refractivity contribution in [2.75, 3.05) is 6.26 Å². The lowest BCUT2D eigenvalue weighted by Crippen LogP contribution is -1.64. The molecule has 0 aromatic carbocycles. The van der Waals surface area contributed by atoms with Crippen molar-refractivity contribution in [3.05, 3.63) is 33.7 Å². The minimum atomic E-state index is 0.633. The van der Waals surface area contributed by atoms with Gasteiger partial charge in [0, 0.05) is 10.6 Å². The van der Waals surface area contributed by atoms with E-state index in [1.54, 1.807) is 17.8 Å². The Bertz CT molecular complexity index is 192. The van der Waals surface area contributed by atoms with E-state index in [9.17, 15) is 0 Å². The molecule has 3 heteroatoms. The second-order valence-electron chi connectivity index (χ2n) is 1.83. The summed E-state index contributed by atoms with van der Waals surface area (Å²) < 4.78 is 0. The fourth-order valence-corrected chi connectivity index (χ4v) is 0.911. The molecule has 0 aromatic rings. The Morgan fingerprint density at radius 3 is 2.45 bits per heavy atom. The number of allylic oxidation sites excluding steroid dienone is 5. The lowest BCUT2D eigenvalue weighted by molar-refractivity contribution is 1.67. The van der Waals surface area contributed by atoms with Gasteiger partial charge in [-0.25, -0.2) is 0 Å². The van der Waals surface area contributed by atoms with Gasteiger partial charge >= 0.3 is 0 Å². The lowest BCUT2D eigenvalue weighted by Gasteiger charge is -1.89. The highest BCUT2D eigenvalue weighted by molar-refractivity contribution is 8.02. The highest BCUT2D eigenvalue weighted by Gasteiger charge is 1.83. The van der Waals surface area contributed by atoms with Gasteiger partial charge in [-0.15, -0.1) is 11.8 Å². The second kappa shape index (κ2) is 6.84. The second-order valence-corrected chi connectivity index (χ2v) is 3.57. The Hall–Kier alpha value is 0.150. The first-order valence-corrected chi connectivity index (χ1v) is 5.09. The van der Waals surface area contributed by atoms with Crippen molar-refractivity contribution in [2.45, 2.75) is 6.92 Å². The van der Waals surface area contributed by atoms with Gasteiger partial charge in [0.05, 0.1) is 0 Å². The predicted octanol–water partition coefficient (Wildman–Crippen LogP) is 4.13. The SMILES string of the molecule is CS/C(C)=C/C=C(Cl)\C=C\Cl. The Kier molecular flexibility index (Phi) is 6.93. The number of halogens is 2. The number of hydrogen-bond acceptors (Lipinski definition) is 1. The monoisotopic (exact) mass is 208 g/mol. The third-order valence-corrected chi connectivity index (χ3v) is 2.18. The first kappa shape index (κ1) is 11.2. The van der Waals surface area contributed by atoms with Gasteiger partial charge in [0.25, 0.3) is 0 Å². The number of rotatable bonds is 3. The maximum absolute atomic E-state index is 5.72. The molecule has 0 saturated heterocycles. The summed E-state index contributed by atoms with van der Waals surface area (Å²) in [5.74, 6) is 0. The first-order chi connectivity index (χ1) is 5.20. The molecule has 11 heavy (non-hydrogen) atoms. The molecule has 0 aromatic heterocycles. The molecule has 0 spiro atoms. The van der Waals surface area contributed by atoms with E-state index >= 15 is 0 Å². The summed E-state index contributed by atoms with van der Waals surface area (Å²) in [5, 5.41) is 0.633. The van der Waals surface area contributed by atoms with E-state index in [0.29, 0.717) is 5.03 Å². The molecule has 0 unspecified atom stereocenters. The summed E-state index contributed by atoms with van der Waals surface area (Å²) in [7, 11) is 0. The van der Waals surface area contributed by atoms with Gasteiger partial charge in [-0.05, 0) is 30.2 Å². The summed E-state index contributed by atoms with van der Waals surface area (Å²) in [5.41, 5.74) is 1.39. The van der Waals surface area contributed by atoms with E-state index in [0.717, 1.165) is 0 Å². The van der Waals surface area contributed by atoms with Gasteiger partial charge < -0.3 is 0 Å². The van der Waals surface area contributed by atoms with E-state index in [1.807, 2.05) is 25.3 Å². The molecule has 0 bridgehead atoms. The smallest absolute Gasteiger partial charge is 0.0414 e. The fraction of sp³-hybridized carbons (Fsp3) is 0.250. The van der Waals surface area contributed by atoms with Crippen molar-refractivity contribution in [2.24, 2.45) is 0 Å². The van der Waals surface area contributed by atoms with Crippen molar-refractivity contribution in [1.29, 1.82) is 0 Å². The van der Waals surface area contributed by atoms with Gasteiger partial charge in [-0.3, -0.25) is 0 Å². The van der Waals surface area contributed by atoms with Crippen LogP contribution in [0.3, 0.4) is 0 Å². The summed E-state index contributed by atoms with van der Waals surface area (Å²) in [6, 6.07) is 0. The summed E-state index contributed by atoms with van der Waals surface area (Å²) in [6.07, 6.45) is 7.41. The molecule has 0 radical (unpaired) electrons. The minimum Gasteiger partial charge on any atom is -0.134 e. The predicted molar refractivity (Wildman–Crippen MR) is 56.2 cm³/mol. The van der Waals surface area contributed by atoms with Crippen molar-refractivity contribution in [3.8, 4) is 0 Å². The summed E-state index contributed by atoms with van der Waals surface area (Å²) in [6.45, 7) is 2.02. The molecule has 0 aliphatic rings. The van der Waals surface area contributed by atoms with Gasteiger partial charge in [0.15, 0.2) is 0 Å². The van der Waals surface area contributed by atoms with Crippen LogP contribution in [0.4, 0.5) is 0 Å². The highest BCUT2D eigenvalue weighted by atomic mass is 35.5. The normalized spacial score (nSPS) is 14.5. The minimum absolute atomic E-state index is 0.633.